The molecule has 0 aliphatic carbocycles. The summed E-state index contributed by atoms with van der Waals surface area (Å²) in [5, 5.41) is 3.72. The van der Waals surface area contributed by atoms with E-state index in [9.17, 15) is 9.59 Å². The molecule has 0 saturated carbocycles. The predicted octanol–water partition coefficient (Wildman–Crippen LogP) is 1.77. The summed E-state index contributed by atoms with van der Waals surface area (Å²) in [6.07, 6.45) is 0.0992. The van der Waals surface area contributed by atoms with E-state index in [1.54, 1.807) is 14.0 Å². The van der Waals surface area contributed by atoms with Crippen LogP contribution in [0.15, 0.2) is 22.7 Å². The van der Waals surface area contributed by atoms with Crippen molar-refractivity contribution in [1.29, 1.82) is 0 Å². The number of rotatable bonds is 5. The smallest absolute Gasteiger partial charge is 0.290 e. The van der Waals surface area contributed by atoms with Gasteiger partial charge in [0, 0.05) is 20.4 Å². The number of nitrogens with zero attached hydrogens (tertiary/aromatic N) is 3. The first-order valence-corrected chi connectivity index (χ1v) is 7.00. The minimum atomic E-state index is -0.552. The lowest BCUT2D eigenvalue weighted by Crippen LogP contribution is -2.34. The summed E-state index contributed by atoms with van der Waals surface area (Å²) in [6, 6.07) is 5.87. The van der Waals surface area contributed by atoms with E-state index in [-0.39, 0.29) is 13.0 Å². The second kappa shape index (κ2) is 6.51. The molecule has 0 aliphatic rings. The molecule has 1 heterocycles. The Morgan fingerprint density at radius 1 is 1.23 bits per heavy atom. The second-order valence-corrected chi connectivity index (χ2v) is 5.42. The van der Waals surface area contributed by atoms with Crippen molar-refractivity contribution in [3.8, 4) is 0 Å². The summed E-state index contributed by atoms with van der Waals surface area (Å²) >= 11 is 0. The highest BCUT2D eigenvalue weighted by Crippen LogP contribution is 2.12. The summed E-state index contributed by atoms with van der Waals surface area (Å²) in [4.78, 5) is 29.6. The minimum Gasteiger partial charge on any atom is -0.340 e. The third kappa shape index (κ3) is 3.78. The minimum absolute atomic E-state index is 0.0992. The van der Waals surface area contributed by atoms with Crippen LogP contribution in [-0.2, 0) is 22.6 Å². The Bertz CT molecular complexity index is 706. The highest BCUT2D eigenvalue weighted by molar-refractivity contribution is 6.36. The van der Waals surface area contributed by atoms with Gasteiger partial charge in [-0.3, -0.25) is 9.59 Å². The molecule has 0 N–H and O–H groups in total. The number of hydrogen-bond donors (Lipinski definition) is 0. The SMILES string of the molecule is Cc1ccc(C)c(CC(=O)C(=O)N(C)Cc2noc(C)n2)c1. The van der Waals surface area contributed by atoms with Crippen molar-refractivity contribution in [3.05, 3.63) is 46.6 Å². The van der Waals surface area contributed by atoms with Gasteiger partial charge in [-0.2, -0.15) is 4.98 Å². The maximum Gasteiger partial charge on any atom is 0.290 e. The number of Topliss-reactive ketones (excluding diaryl/α,β-unsaturated/α-hetero) is 1. The van der Waals surface area contributed by atoms with E-state index >= 15 is 0 Å². The van der Waals surface area contributed by atoms with E-state index < -0.39 is 11.7 Å². The molecule has 22 heavy (non-hydrogen) atoms. The van der Waals surface area contributed by atoms with E-state index in [2.05, 4.69) is 10.1 Å². The van der Waals surface area contributed by atoms with Crippen LogP contribution in [0, 0.1) is 20.8 Å². The van der Waals surface area contributed by atoms with E-state index in [4.69, 9.17) is 4.52 Å². The van der Waals surface area contributed by atoms with Gasteiger partial charge in [0.25, 0.3) is 5.91 Å². The Labute approximate surface area is 129 Å². The van der Waals surface area contributed by atoms with E-state index in [1.807, 2.05) is 32.0 Å². The standard InChI is InChI=1S/C16H19N3O3/c1-10-5-6-11(2)13(7-10)8-14(20)16(21)19(4)9-15-17-12(3)22-18-15/h5-7H,8-9H2,1-4H3. The molecule has 1 aromatic carbocycles. The molecule has 0 saturated heterocycles. The number of carbonyl (C=O) groups excluding carboxylic acids is 2. The number of carbonyl (C=O) groups is 2. The van der Waals surface area contributed by atoms with Gasteiger partial charge in [-0.1, -0.05) is 28.9 Å². The zero-order valence-corrected chi connectivity index (χ0v) is 13.2. The van der Waals surface area contributed by atoms with Crippen molar-refractivity contribution in [1.82, 2.24) is 15.0 Å². The monoisotopic (exact) mass is 301 g/mol. The van der Waals surface area contributed by atoms with Crippen LogP contribution in [0.2, 0.25) is 0 Å². The van der Waals surface area contributed by atoms with Crippen molar-refractivity contribution >= 4 is 11.7 Å². The fourth-order valence-electron chi connectivity index (χ4n) is 2.14. The van der Waals surface area contributed by atoms with Crippen LogP contribution in [0.5, 0.6) is 0 Å². The first-order chi connectivity index (χ1) is 10.4. The molecule has 0 radical (unpaired) electrons. The first kappa shape index (κ1) is 15.9. The van der Waals surface area contributed by atoms with Crippen LogP contribution in [0.25, 0.3) is 0 Å². The molecular formula is C16H19N3O3. The van der Waals surface area contributed by atoms with Gasteiger partial charge >= 0.3 is 0 Å². The molecule has 1 aromatic heterocycles. The number of likely N-dealkylation sites (N-methyl/N-ethyl adjacent to an activating group) is 1. The molecule has 0 atom stereocenters. The Morgan fingerprint density at radius 2 is 1.95 bits per heavy atom. The van der Waals surface area contributed by atoms with E-state index in [0.29, 0.717) is 11.7 Å². The molecule has 0 unspecified atom stereocenters. The summed E-state index contributed by atoms with van der Waals surface area (Å²) in [6.45, 7) is 5.71. The molecule has 0 fully saturated rings. The van der Waals surface area contributed by atoms with Gasteiger partial charge < -0.3 is 9.42 Å². The Balaban J connectivity index is 2.02. The highest BCUT2D eigenvalue weighted by Gasteiger charge is 2.21. The second-order valence-electron chi connectivity index (χ2n) is 5.42. The van der Waals surface area contributed by atoms with Crippen LogP contribution in [0.4, 0.5) is 0 Å². The maximum atomic E-state index is 12.2. The molecule has 116 valence electrons. The molecule has 0 aliphatic heterocycles. The third-order valence-corrected chi connectivity index (χ3v) is 3.39. The summed E-state index contributed by atoms with van der Waals surface area (Å²) in [5.41, 5.74) is 2.95. The molecule has 6 nitrogen and oxygen atoms in total. The fourth-order valence-corrected chi connectivity index (χ4v) is 2.14. The number of aryl methyl sites for hydroxylation is 3. The lowest BCUT2D eigenvalue weighted by Gasteiger charge is -2.14. The van der Waals surface area contributed by atoms with Crippen LogP contribution < -0.4 is 0 Å². The largest absolute Gasteiger partial charge is 0.340 e. The molecule has 0 bridgehead atoms. The fraction of sp³-hybridized carbons (Fsp3) is 0.375. The molecular weight excluding hydrogens is 282 g/mol. The Kier molecular flexibility index (Phi) is 4.70. The number of hydrogen-bond acceptors (Lipinski definition) is 5. The number of benzene rings is 1. The molecule has 0 spiro atoms. The van der Waals surface area contributed by atoms with Gasteiger partial charge in [0.05, 0.1) is 6.54 Å². The van der Waals surface area contributed by atoms with Crippen molar-refractivity contribution in [3.63, 3.8) is 0 Å². The van der Waals surface area contributed by atoms with Gasteiger partial charge in [-0.15, -0.1) is 0 Å². The van der Waals surface area contributed by atoms with Gasteiger partial charge in [0.2, 0.25) is 11.7 Å². The summed E-state index contributed by atoms with van der Waals surface area (Å²) < 4.78 is 4.85. The van der Waals surface area contributed by atoms with Crippen molar-refractivity contribution < 1.29 is 14.1 Å². The Morgan fingerprint density at radius 3 is 2.59 bits per heavy atom. The molecule has 6 heteroatoms. The van der Waals surface area contributed by atoms with Crippen LogP contribution in [-0.4, -0.2) is 33.8 Å². The molecule has 2 aromatic rings. The van der Waals surface area contributed by atoms with Crippen LogP contribution >= 0.6 is 0 Å². The quantitative estimate of drug-likeness (QED) is 0.787. The number of aromatic nitrogens is 2. The van der Waals surface area contributed by atoms with Gasteiger partial charge in [0.15, 0.2) is 5.82 Å². The molecule has 1 amide bonds. The summed E-state index contributed by atoms with van der Waals surface area (Å²) in [7, 11) is 1.55. The van der Waals surface area contributed by atoms with Crippen molar-refractivity contribution in [2.45, 2.75) is 33.7 Å². The lowest BCUT2D eigenvalue weighted by molar-refractivity contribution is -0.143. The average Bonchev–Trinajstić information content (AvgIpc) is 2.87. The molecule has 2 rings (SSSR count). The number of amides is 1. The topological polar surface area (TPSA) is 76.3 Å². The van der Waals surface area contributed by atoms with Crippen molar-refractivity contribution in [2.75, 3.05) is 7.05 Å². The van der Waals surface area contributed by atoms with Gasteiger partial charge in [-0.25, -0.2) is 0 Å². The Hall–Kier alpha value is -2.50. The highest BCUT2D eigenvalue weighted by atomic mass is 16.5. The summed E-state index contributed by atoms with van der Waals surface area (Å²) in [5.74, 6) is -0.190. The zero-order valence-electron chi connectivity index (χ0n) is 13.2. The average molecular weight is 301 g/mol. The van der Waals surface area contributed by atoms with E-state index in [0.717, 1.165) is 16.7 Å². The number of ketones is 1. The predicted molar refractivity (Wildman–Crippen MR) is 80.1 cm³/mol. The van der Waals surface area contributed by atoms with Gasteiger partial charge in [-0.05, 0) is 25.0 Å². The first-order valence-electron chi connectivity index (χ1n) is 7.00. The zero-order chi connectivity index (χ0) is 16.3. The van der Waals surface area contributed by atoms with Crippen LogP contribution in [0.1, 0.15) is 28.4 Å². The lowest BCUT2D eigenvalue weighted by atomic mass is 10.0. The van der Waals surface area contributed by atoms with Crippen molar-refractivity contribution in [2.24, 2.45) is 0 Å². The van der Waals surface area contributed by atoms with Gasteiger partial charge in [0.1, 0.15) is 0 Å². The normalized spacial score (nSPS) is 10.5. The maximum absolute atomic E-state index is 12.2. The third-order valence-electron chi connectivity index (χ3n) is 3.39. The van der Waals surface area contributed by atoms with Crippen LogP contribution in [0.3, 0.4) is 0 Å². The van der Waals surface area contributed by atoms with E-state index in [1.165, 1.54) is 4.90 Å².